The van der Waals surface area contributed by atoms with Crippen LogP contribution in [0.15, 0.2) is 65.5 Å². The number of rotatable bonds is 2. The van der Waals surface area contributed by atoms with E-state index in [1.807, 2.05) is 35.2 Å². The molecule has 3 nitrogen and oxygen atoms in total. The zero-order valence-corrected chi connectivity index (χ0v) is 13.6. The Labute approximate surface area is 144 Å². The van der Waals surface area contributed by atoms with Crippen molar-refractivity contribution in [1.82, 2.24) is 5.32 Å². The van der Waals surface area contributed by atoms with E-state index in [0.29, 0.717) is 15.6 Å². The lowest BCUT2D eigenvalue weighted by molar-refractivity contribution is -0.708. The molecule has 0 bridgehead atoms. The highest BCUT2D eigenvalue weighted by Gasteiger charge is 2.40. The third-order valence-corrected chi connectivity index (χ3v) is 4.45. The van der Waals surface area contributed by atoms with Gasteiger partial charge in [0.1, 0.15) is 10.8 Å². The van der Waals surface area contributed by atoms with Crippen LogP contribution >= 0.6 is 12.2 Å². The lowest BCUT2D eigenvalue weighted by Crippen LogP contribution is -2.52. The van der Waals surface area contributed by atoms with Gasteiger partial charge in [0.15, 0.2) is 12.4 Å². The summed E-state index contributed by atoms with van der Waals surface area (Å²) in [5.41, 5.74) is 1.23. The van der Waals surface area contributed by atoms with Gasteiger partial charge in [0.05, 0.1) is 12.0 Å². The number of aromatic nitrogens is 1. The van der Waals surface area contributed by atoms with E-state index >= 15 is 0 Å². The highest BCUT2D eigenvalue weighted by molar-refractivity contribution is 7.80. The molecule has 1 aromatic heterocycles. The fourth-order valence-corrected chi connectivity index (χ4v) is 3.46. The number of hydrogen-bond acceptors (Lipinski definition) is 3. The molecule has 23 heavy (non-hydrogen) atoms. The molecule has 114 valence electrons. The molecule has 1 aromatic carbocycles. The lowest BCUT2D eigenvalue weighted by Gasteiger charge is -2.34. The smallest absolute Gasteiger partial charge is 0.219 e. The predicted molar refractivity (Wildman–Crippen MR) is 90.6 cm³/mol. The largest absolute Gasteiger partial charge is 0.761 e. The molecule has 0 aliphatic carbocycles. The Morgan fingerprint density at radius 3 is 2.43 bits per heavy atom. The third kappa shape index (κ3) is 2.93. The number of nitrogens with one attached hydrogen (secondary N) is 1. The second-order valence-electron chi connectivity index (χ2n) is 5.14. The summed E-state index contributed by atoms with van der Waals surface area (Å²) in [5.74, 6) is -0.676. The van der Waals surface area contributed by atoms with Gasteiger partial charge in [-0.15, -0.1) is 0 Å². The van der Waals surface area contributed by atoms with Crippen molar-refractivity contribution in [1.29, 1.82) is 5.26 Å². The summed E-state index contributed by atoms with van der Waals surface area (Å²) in [7, 11) is 0. The molecule has 3 rings (SSSR count). The molecule has 0 amide bonds. The molecule has 2 atom stereocenters. The summed E-state index contributed by atoms with van der Waals surface area (Å²) in [6, 6.07) is 13.7. The first-order chi connectivity index (χ1) is 11.1. The van der Waals surface area contributed by atoms with E-state index in [0.717, 1.165) is 5.56 Å². The Bertz CT molecular complexity index is 810. The average Bonchev–Trinajstić information content (AvgIpc) is 2.56. The van der Waals surface area contributed by atoms with Crippen LogP contribution in [-0.2, 0) is 12.6 Å². The van der Waals surface area contributed by atoms with Crippen LogP contribution < -0.4 is 9.88 Å². The zero-order valence-electron chi connectivity index (χ0n) is 11.9. The number of thiocarbonyl (C=S) groups is 1. The summed E-state index contributed by atoms with van der Waals surface area (Å²) in [6.07, 6.45) is 3.77. The average molecular weight is 341 g/mol. The first-order valence-electron chi connectivity index (χ1n) is 6.95. The molecule has 1 N–H and O–H groups in total. The van der Waals surface area contributed by atoms with Crippen LogP contribution in [0.5, 0.6) is 0 Å². The van der Waals surface area contributed by atoms with E-state index in [9.17, 15) is 9.65 Å². The van der Waals surface area contributed by atoms with Crippen LogP contribution in [0.4, 0.5) is 4.39 Å². The molecule has 2 aromatic rings. The number of nitrogens with zero attached hydrogens (tertiary/aromatic N) is 2. The third-order valence-electron chi connectivity index (χ3n) is 3.79. The molecule has 1 aliphatic heterocycles. The van der Waals surface area contributed by atoms with Crippen LogP contribution in [0.1, 0.15) is 17.5 Å². The summed E-state index contributed by atoms with van der Waals surface area (Å²) in [4.78, 5) is 0.541. The van der Waals surface area contributed by atoms with E-state index in [2.05, 4.69) is 11.4 Å². The minimum absolute atomic E-state index is 0.294. The number of benzene rings is 1. The maximum absolute atomic E-state index is 13.3. The Kier molecular flexibility index (Phi) is 4.33. The van der Waals surface area contributed by atoms with E-state index in [-0.39, 0.29) is 17.8 Å². The molecule has 0 unspecified atom stereocenters. The maximum Gasteiger partial charge on any atom is 0.219 e. The topological polar surface area (TPSA) is 39.7 Å². The molecule has 0 spiro atoms. The van der Waals surface area contributed by atoms with Crippen molar-refractivity contribution in [2.45, 2.75) is 12.0 Å². The van der Waals surface area contributed by atoms with Gasteiger partial charge in [0, 0.05) is 17.7 Å². The minimum atomic E-state index is -0.353. The van der Waals surface area contributed by atoms with Crippen LogP contribution in [-0.4, -0.2) is 4.99 Å². The van der Waals surface area contributed by atoms with Crippen molar-refractivity contribution in [2.75, 3.05) is 0 Å². The molecule has 0 saturated heterocycles. The van der Waals surface area contributed by atoms with Gasteiger partial charge in [-0.25, -0.2) is 4.39 Å². The summed E-state index contributed by atoms with van der Waals surface area (Å²) < 4.78 is 15.2. The van der Waals surface area contributed by atoms with Crippen molar-refractivity contribution in [3.8, 4) is 6.07 Å². The van der Waals surface area contributed by atoms with Crippen molar-refractivity contribution in [3.63, 3.8) is 0 Å². The van der Waals surface area contributed by atoms with Gasteiger partial charge in [-0.2, -0.15) is 9.83 Å². The van der Waals surface area contributed by atoms with Gasteiger partial charge in [0.2, 0.25) is 6.04 Å². The number of hydrogen-bond donors (Lipinski definition) is 1. The van der Waals surface area contributed by atoms with Crippen LogP contribution in [0.25, 0.3) is 0 Å². The zero-order chi connectivity index (χ0) is 16.4. The predicted octanol–water partition coefficient (Wildman–Crippen LogP) is 2.65. The first kappa shape index (κ1) is 15.5. The summed E-state index contributed by atoms with van der Waals surface area (Å²) in [6.45, 7) is 0. The highest BCUT2D eigenvalue weighted by Crippen LogP contribution is 2.37. The summed E-state index contributed by atoms with van der Waals surface area (Å²) in [5, 5.41) is 12.8. The molecular formula is C17H12FN3S2. The van der Waals surface area contributed by atoms with E-state index in [4.69, 9.17) is 24.8 Å². The quantitative estimate of drug-likeness (QED) is 0.518. The Hall–Kier alpha value is -2.36. The fraction of sp³-hybridized carbons (Fsp3) is 0.118. The highest BCUT2D eigenvalue weighted by atomic mass is 32.1. The second kappa shape index (κ2) is 6.41. The van der Waals surface area contributed by atoms with Crippen molar-refractivity contribution in [2.24, 2.45) is 0 Å². The van der Waals surface area contributed by atoms with Crippen LogP contribution in [0.2, 0.25) is 0 Å². The molecule has 6 heteroatoms. The van der Waals surface area contributed by atoms with Gasteiger partial charge in [-0.1, -0.05) is 35.4 Å². The monoisotopic (exact) mass is 341 g/mol. The van der Waals surface area contributed by atoms with Gasteiger partial charge in [-0.3, -0.25) is 0 Å². The fourth-order valence-electron chi connectivity index (χ4n) is 2.75. The van der Waals surface area contributed by atoms with Crippen LogP contribution in [0, 0.1) is 17.1 Å². The molecule has 0 fully saturated rings. The number of pyridine rings is 1. The van der Waals surface area contributed by atoms with Gasteiger partial charge in [0.25, 0.3) is 0 Å². The SMILES string of the molecule is N#CC1=C([S-])NC(=S)[C@H]([n+]2ccccc2)[C@H]1c1ccc(F)cc1. The van der Waals surface area contributed by atoms with E-state index < -0.39 is 0 Å². The van der Waals surface area contributed by atoms with E-state index in [1.54, 1.807) is 12.1 Å². The van der Waals surface area contributed by atoms with Crippen molar-refractivity contribution < 1.29 is 8.96 Å². The molecular weight excluding hydrogens is 329 g/mol. The van der Waals surface area contributed by atoms with Gasteiger partial charge in [-0.05, 0) is 17.7 Å². The second-order valence-corrected chi connectivity index (χ2v) is 5.99. The van der Waals surface area contributed by atoms with Gasteiger partial charge >= 0.3 is 0 Å². The molecule has 1 aliphatic rings. The Balaban J connectivity index is 2.18. The molecule has 2 heterocycles. The van der Waals surface area contributed by atoms with Crippen LogP contribution in [0.3, 0.4) is 0 Å². The lowest BCUT2D eigenvalue weighted by atomic mass is 9.83. The van der Waals surface area contributed by atoms with Gasteiger partial charge < -0.3 is 17.9 Å². The minimum Gasteiger partial charge on any atom is -0.761 e. The molecule has 0 radical (unpaired) electrons. The van der Waals surface area contributed by atoms with Crippen molar-refractivity contribution in [3.05, 3.63) is 76.8 Å². The molecule has 0 saturated carbocycles. The normalized spacial score (nSPS) is 20.8. The number of allylic oxidation sites excluding steroid dienone is 1. The van der Waals surface area contributed by atoms with Crippen molar-refractivity contribution >= 4 is 29.8 Å². The first-order valence-corrected chi connectivity index (χ1v) is 7.77. The maximum atomic E-state index is 13.3. The Morgan fingerprint density at radius 1 is 1.17 bits per heavy atom. The number of nitriles is 1. The number of halogens is 1. The Morgan fingerprint density at radius 2 is 1.83 bits per heavy atom. The summed E-state index contributed by atoms with van der Waals surface area (Å²) >= 11 is 10.7. The standard InChI is InChI=1S/C17H12FN3S2/c18-12-6-4-11(5-7-12)14-13(10-19)16(22)20-17(23)15(14)21-8-2-1-3-9-21/h1-9,14-15H,(H-,20,22,23)/t14-,15+/m0/s1. The van der Waals surface area contributed by atoms with E-state index in [1.165, 1.54) is 12.1 Å².